The van der Waals surface area contributed by atoms with Crippen LogP contribution in [-0.4, -0.2) is 27.8 Å². The number of aromatic hydroxyl groups is 1. The summed E-state index contributed by atoms with van der Waals surface area (Å²) in [5, 5.41) is 14.2. The van der Waals surface area contributed by atoms with E-state index in [1.165, 1.54) is 6.07 Å². The van der Waals surface area contributed by atoms with Crippen LogP contribution in [0.2, 0.25) is 0 Å². The van der Waals surface area contributed by atoms with E-state index in [0.717, 1.165) is 22.2 Å². The number of anilines is 1. The Hall–Kier alpha value is -3.67. The SMILES string of the molecule is Cc1cccc2[nH]c(O)c(C=Nc3ccc(NCCc4ccccn4)c(F)c3)c12. The summed E-state index contributed by atoms with van der Waals surface area (Å²) in [6.07, 6.45) is 4.01. The van der Waals surface area contributed by atoms with Gasteiger partial charge in [-0.05, 0) is 42.8 Å². The lowest BCUT2D eigenvalue weighted by Gasteiger charge is -2.08. The van der Waals surface area contributed by atoms with Crippen molar-refractivity contribution in [2.75, 3.05) is 11.9 Å². The summed E-state index contributed by atoms with van der Waals surface area (Å²) in [5.74, 6) is -0.327. The van der Waals surface area contributed by atoms with Gasteiger partial charge in [-0.1, -0.05) is 18.2 Å². The van der Waals surface area contributed by atoms with E-state index < -0.39 is 0 Å². The summed E-state index contributed by atoms with van der Waals surface area (Å²) in [7, 11) is 0. The lowest BCUT2D eigenvalue weighted by atomic mass is 10.1. The number of halogens is 1. The summed E-state index contributed by atoms with van der Waals surface area (Å²) in [6, 6.07) is 16.3. The Morgan fingerprint density at radius 2 is 2.07 bits per heavy atom. The fraction of sp³-hybridized carbons (Fsp3) is 0.130. The Balaban J connectivity index is 1.48. The zero-order valence-corrected chi connectivity index (χ0v) is 16.0. The molecule has 4 aromatic rings. The van der Waals surface area contributed by atoms with Gasteiger partial charge in [0.05, 0.1) is 16.9 Å². The van der Waals surface area contributed by atoms with E-state index >= 15 is 0 Å². The maximum atomic E-state index is 14.4. The van der Waals surface area contributed by atoms with Crippen LogP contribution in [0.1, 0.15) is 16.8 Å². The van der Waals surface area contributed by atoms with Gasteiger partial charge in [0.15, 0.2) is 5.88 Å². The van der Waals surface area contributed by atoms with Crippen molar-refractivity contribution in [1.82, 2.24) is 9.97 Å². The number of H-pyrrole nitrogens is 1. The predicted molar refractivity (Wildman–Crippen MR) is 115 cm³/mol. The van der Waals surface area contributed by atoms with E-state index in [9.17, 15) is 9.50 Å². The summed E-state index contributed by atoms with van der Waals surface area (Å²) in [4.78, 5) is 11.5. The molecule has 0 amide bonds. The summed E-state index contributed by atoms with van der Waals surface area (Å²) in [6.45, 7) is 2.55. The molecule has 146 valence electrons. The molecule has 6 heteroatoms. The number of fused-ring (bicyclic) bond motifs is 1. The molecule has 0 aliphatic rings. The molecule has 5 nitrogen and oxygen atoms in total. The number of hydrogen-bond acceptors (Lipinski definition) is 4. The Morgan fingerprint density at radius 3 is 2.86 bits per heavy atom. The van der Waals surface area contributed by atoms with Crippen LogP contribution in [-0.2, 0) is 6.42 Å². The molecule has 2 aromatic heterocycles. The highest BCUT2D eigenvalue weighted by atomic mass is 19.1. The average Bonchev–Trinajstić information content (AvgIpc) is 3.05. The molecule has 29 heavy (non-hydrogen) atoms. The van der Waals surface area contributed by atoms with Gasteiger partial charge in [-0.15, -0.1) is 0 Å². The van der Waals surface area contributed by atoms with Crippen LogP contribution < -0.4 is 5.32 Å². The number of aryl methyl sites for hydroxylation is 1. The molecule has 0 spiro atoms. The topological polar surface area (TPSA) is 73.3 Å². The predicted octanol–water partition coefficient (Wildman–Crippen LogP) is 5.12. The molecule has 0 atom stereocenters. The third kappa shape index (κ3) is 4.11. The first kappa shape index (κ1) is 18.7. The van der Waals surface area contributed by atoms with Gasteiger partial charge in [-0.25, -0.2) is 4.39 Å². The fourth-order valence-electron chi connectivity index (χ4n) is 3.31. The zero-order valence-electron chi connectivity index (χ0n) is 16.0. The van der Waals surface area contributed by atoms with Crippen molar-refractivity contribution >= 4 is 28.5 Å². The molecule has 0 aliphatic carbocycles. The highest BCUT2D eigenvalue weighted by Crippen LogP contribution is 2.29. The van der Waals surface area contributed by atoms with E-state index in [4.69, 9.17) is 0 Å². The molecule has 0 aliphatic heterocycles. The van der Waals surface area contributed by atoms with Gasteiger partial charge in [0.25, 0.3) is 0 Å². The molecule has 2 heterocycles. The normalized spacial score (nSPS) is 11.4. The van der Waals surface area contributed by atoms with Gasteiger partial charge in [-0.3, -0.25) is 9.98 Å². The van der Waals surface area contributed by atoms with E-state index in [0.29, 0.717) is 29.9 Å². The van der Waals surface area contributed by atoms with Gasteiger partial charge >= 0.3 is 0 Å². The van der Waals surface area contributed by atoms with Crippen molar-refractivity contribution in [3.8, 4) is 5.88 Å². The Labute approximate surface area is 168 Å². The molecule has 0 saturated heterocycles. The molecule has 0 saturated carbocycles. The summed E-state index contributed by atoms with van der Waals surface area (Å²) >= 11 is 0. The van der Waals surface area contributed by atoms with Crippen LogP contribution >= 0.6 is 0 Å². The monoisotopic (exact) mass is 388 g/mol. The third-order valence-electron chi connectivity index (χ3n) is 4.77. The van der Waals surface area contributed by atoms with Gasteiger partial charge in [0.2, 0.25) is 0 Å². The maximum absolute atomic E-state index is 14.4. The summed E-state index contributed by atoms with van der Waals surface area (Å²) < 4.78 is 14.4. The van der Waals surface area contributed by atoms with Crippen molar-refractivity contribution < 1.29 is 9.50 Å². The molecule has 0 unspecified atom stereocenters. The second kappa shape index (κ2) is 8.14. The lowest BCUT2D eigenvalue weighted by Crippen LogP contribution is -2.07. The van der Waals surface area contributed by atoms with E-state index in [-0.39, 0.29) is 11.7 Å². The number of hydrogen-bond donors (Lipinski definition) is 3. The van der Waals surface area contributed by atoms with Crippen LogP contribution in [0, 0.1) is 12.7 Å². The number of nitrogens with one attached hydrogen (secondary N) is 2. The van der Waals surface area contributed by atoms with Crippen molar-refractivity contribution in [3.05, 3.63) is 83.4 Å². The fourth-order valence-corrected chi connectivity index (χ4v) is 3.31. The first-order valence-electron chi connectivity index (χ1n) is 9.39. The standard InChI is InChI=1S/C23H21FN4O/c1-15-5-4-7-21-22(15)18(23(29)28-21)14-27-17-8-9-20(19(24)13-17)26-12-10-16-6-2-3-11-25-16/h2-9,11,13-14,26,28-29H,10,12H2,1H3. The van der Waals surface area contributed by atoms with Gasteiger partial charge in [0.1, 0.15) is 5.82 Å². The molecule has 0 radical (unpaired) electrons. The molecular weight excluding hydrogens is 367 g/mol. The number of nitrogens with zero attached hydrogens (tertiary/aromatic N) is 2. The molecule has 2 aromatic carbocycles. The van der Waals surface area contributed by atoms with Crippen LogP contribution in [0.25, 0.3) is 10.9 Å². The van der Waals surface area contributed by atoms with Crippen molar-refractivity contribution in [2.45, 2.75) is 13.3 Å². The van der Waals surface area contributed by atoms with Crippen molar-refractivity contribution in [2.24, 2.45) is 4.99 Å². The second-order valence-corrected chi connectivity index (χ2v) is 6.80. The lowest BCUT2D eigenvalue weighted by molar-refractivity contribution is 0.457. The van der Waals surface area contributed by atoms with Crippen LogP contribution in [0.4, 0.5) is 15.8 Å². The van der Waals surface area contributed by atoms with Gasteiger partial charge in [-0.2, -0.15) is 0 Å². The molecule has 0 fully saturated rings. The van der Waals surface area contributed by atoms with Crippen LogP contribution in [0.15, 0.2) is 65.8 Å². The molecule has 4 rings (SSSR count). The van der Waals surface area contributed by atoms with Crippen molar-refractivity contribution in [3.63, 3.8) is 0 Å². The smallest absolute Gasteiger partial charge is 0.198 e. The first-order chi connectivity index (χ1) is 14.1. The largest absolute Gasteiger partial charge is 0.494 e. The Morgan fingerprint density at radius 1 is 1.17 bits per heavy atom. The van der Waals surface area contributed by atoms with Gasteiger partial charge < -0.3 is 15.4 Å². The highest BCUT2D eigenvalue weighted by molar-refractivity contribution is 6.04. The zero-order chi connectivity index (χ0) is 20.2. The van der Waals surface area contributed by atoms with Gasteiger partial charge in [0, 0.05) is 48.0 Å². The van der Waals surface area contributed by atoms with E-state index in [1.54, 1.807) is 24.5 Å². The van der Waals surface area contributed by atoms with E-state index in [1.807, 2.05) is 43.3 Å². The van der Waals surface area contributed by atoms with Crippen molar-refractivity contribution in [1.29, 1.82) is 0 Å². The average molecular weight is 388 g/mol. The quantitative estimate of drug-likeness (QED) is 0.401. The van der Waals surface area contributed by atoms with E-state index in [2.05, 4.69) is 20.3 Å². The van der Waals surface area contributed by atoms with Crippen LogP contribution in [0.3, 0.4) is 0 Å². The number of aromatic nitrogens is 2. The number of aliphatic imine (C=N–C) groups is 1. The second-order valence-electron chi connectivity index (χ2n) is 6.80. The number of benzene rings is 2. The maximum Gasteiger partial charge on any atom is 0.198 e. The molecular formula is C23H21FN4O. The highest BCUT2D eigenvalue weighted by Gasteiger charge is 2.11. The summed E-state index contributed by atoms with van der Waals surface area (Å²) in [5.41, 5.74) is 4.30. The molecule has 3 N–H and O–H groups in total. The first-order valence-corrected chi connectivity index (χ1v) is 9.39. The van der Waals surface area contributed by atoms with Crippen LogP contribution in [0.5, 0.6) is 5.88 Å². The molecule has 0 bridgehead atoms. The Bertz CT molecular complexity index is 1170. The minimum atomic E-state index is -0.375. The minimum absolute atomic E-state index is 0.0475. The number of aromatic amines is 1. The minimum Gasteiger partial charge on any atom is -0.494 e. The number of rotatable bonds is 6. The third-order valence-corrected chi connectivity index (χ3v) is 4.77. The number of pyridine rings is 1. The Kier molecular flexibility index (Phi) is 5.24.